The molecule has 22 heavy (non-hydrogen) atoms. The Bertz CT molecular complexity index is 617. The predicted molar refractivity (Wildman–Crippen MR) is 82.0 cm³/mol. The fraction of sp³-hybridized carbons (Fsp3) is 0.333. The number of benzene rings is 1. The molecular formula is C15H19N3O4. The summed E-state index contributed by atoms with van der Waals surface area (Å²) in [6.07, 6.45) is 1.60. The molecule has 1 aliphatic heterocycles. The lowest BCUT2D eigenvalue weighted by molar-refractivity contribution is -0.114. The predicted octanol–water partition coefficient (Wildman–Crippen LogP) is 1.51. The number of methoxy groups -OCH3 is 2. The van der Waals surface area contributed by atoms with Crippen molar-refractivity contribution in [3.63, 3.8) is 0 Å². The van der Waals surface area contributed by atoms with E-state index in [2.05, 4.69) is 0 Å². The van der Waals surface area contributed by atoms with Gasteiger partial charge in [-0.15, -0.1) is 0 Å². The molecule has 7 nitrogen and oxygen atoms in total. The van der Waals surface area contributed by atoms with Gasteiger partial charge in [0.05, 0.1) is 14.2 Å². The molecule has 3 amide bonds. The molecule has 0 aliphatic carbocycles. The summed E-state index contributed by atoms with van der Waals surface area (Å²) in [5.41, 5.74) is 0.583. The molecule has 118 valence electrons. The monoisotopic (exact) mass is 305 g/mol. The number of nitrogens with zero attached hydrogens (tertiary/aromatic N) is 3. The van der Waals surface area contributed by atoms with Crippen molar-refractivity contribution in [1.29, 1.82) is 0 Å². The second kappa shape index (κ2) is 5.97. The van der Waals surface area contributed by atoms with E-state index in [9.17, 15) is 9.59 Å². The molecule has 7 heteroatoms. The van der Waals surface area contributed by atoms with E-state index in [1.54, 1.807) is 50.4 Å². The molecule has 0 unspecified atom stereocenters. The number of hydrogen-bond acceptors (Lipinski definition) is 5. The third-order valence-electron chi connectivity index (χ3n) is 3.27. The Morgan fingerprint density at radius 1 is 1.09 bits per heavy atom. The highest BCUT2D eigenvalue weighted by Gasteiger charge is 2.42. The molecule has 1 aliphatic rings. The van der Waals surface area contributed by atoms with Crippen LogP contribution in [0, 0.1) is 0 Å². The van der Waals surface area contributed by atoms with E-state index >= 15 is 0 Å². The lowest BCUT2D eigenvalue weighted by Gasteiger charge is -2.19. The van der Waals surface area contributed by atoms with Gasteiger partial charge in [-0.05, 0) is 12.1 Å². The maximum absolute atomic E-state index is 12.7. The zero-order valence-electron chi connectivity index (χ0n) is 13.3. The number of carbonyl (C=O) groups excluding carboxylic acids is 2. The molecular weight excluding hydrogens is 286 g/mol. The average Bonchev–Trinajstić information content (AvgIpc) is 2.70. The zero-order valence-corrected chi connectivity index (χ0v) is 13.3. The van der Waals surface area contributed by atoms with Crippen molar-refractivity contribution < 1.29 is 19.1 Å². The van der Waals surface area contributed by atoms with Crippen LogP contribution in [0.15, 0.2) is 30.1 Å². The first-order valence-electron chi connectivity index (χ1n) is 6.63. The Hall–Kier alpha value is -2.70. The van der Waals surface area contributed by atoms with Crippen LogP contribution in [0.4, 0.5) is 10.5 Å². The van der Waals surface area contributed by atoms with Gasteiger partial charge in [-0.1, -0.05) is 6.07 Å². The van der Waals surface area contributed by atoms with Gasteiger partial charge in [0.2, 0.25) is 0 Å². The summed E-state index contributed by atoms with van der Waals surface area (Å²) in [7, 11) is 8.07. The van der Waals surface area contributed by atoms with Crippen molar-refractivity contribution in [3.05, 3.63) is 30.1 Å². The van der Waals surface area contributed by atoms with Gasteiger partial charge in [-0.2, -0.15) is 0 Å². The largest absolute Gasteiger partial charge is 0.494 e. The van der Waals surface area contributed by atoms with Gasteiger partial charge in [0, 0.05) is 27.3 Å². The molecule has 0 saturated carbocycles. The van der Waals surface area contributed by atoms with Crippen LogP contribution in [0.5, 0.6) is 11.5 Å². The van der Waals surface area contributed by atoms with Crippen LogP contribution >= 0.6 is 0 Å². The standard InChI is InChI=1S/C15H19N3O4/c1-16(2)9-10-14(19)18(15(20)17(10)3)13-11(21-4)7-6-8-12(13)22-5/h6-9H,1-5H3/b10-9-. The lowest BCUT2D eigenvalue weighted by Crippen LogP contribution is -2.32. The van der Waals surface area contributed by atoms with E-state index in [1.165, 1.54) is 19.1 Å². The number of anilines is 1. The highest BCUT2D eigenvalue weighted by Crippen LogP contribution is 2.41. The molecule has 1 fully saturated rings. The Morgan fingerprint density at radius 3 is 2.09 bits per heavy atom. The summed E-state index contributed by atoms with van der Waals surface area (Å²) in [5, 5.41) is 0. The van der Waals surface area contributed by atoms with Gasteiger partial charge in [0.15, 0.2) is 0 Å². The van der Waals surface area contributed by atoms with Crippen molar-refractivity contribution in [2.24, 2.45) is 0 Å². The topological polar surface area (TPSA) is 62.3 Å². The van der Waals surface area contributed by atoms with Crippen LogP contribution in [-0.2, 0) is 4.79 Å². The second-order valence-electron chi connectivity index (χ2n) is 4.97. The quantitative estimate of drug-likeness (QED) is 0.623. The molecule has 0 radical (unpaired) electrons. The van der Waals surface area contributed by atoms with Gasteiger partial charge < -0.3 is 14.4 Å². The molecule has 0 atom stereocenters. The maximum Gasteiger partial charge on any atom is 0.336 e. The number of likely N-dealkylation sites (N-methyl/N-ethyl adjacent to an activating group) is 1. The van der Waals surface area contributed by atoms with Crippen molar-refractivity contribution in [3.8, 4) is 11.5 Å². The highest BCUT2D eigenvalue weighted by atomic mass is 16.5. The van der Waals surface area contributed by atoms with E-state index in [4.69, 9.17) is 9.47 Å². The van der Waals surface area contributed by atoms with Crippen LogP contribution in [0.25, 0.3) is 0 Å². The molecule has 1 aromatic rings. The number of urea groups is 1. The van der Waals surface area contributed by atoms with Gasteiger partial charge in [-0.3, -0.25) is 9.69 Å². The van der Waals surface area contributed by atoms with Crippen molar-refractivity contribution >= 4 is 17.6 Å². The number of rotatable bonds is 4. The molecule has 1 aromatic carbocycles. The van der Waals surface area contributed by atoms with Crippen LogP contribution < -0.4 is 14.4 Å². The third-order valence-corrected chi connectivity index (χ3v) is 3.27. The summed E-state index contributed by atoms with van der Waals surface area (Å²) >= 11 is 0. The van der Waals surface area contributed by atoms with Crippen LogP contribution in [0.1, 0.15) is 0 Å². The summed E-state index contributed by atoms with van der Waals surface area (Å²) < 4.78 is 10.5. The summed E-state index contributed by atoms with van der Waals surface area (Å²) in [6.45, 7) is 0. The normalized spacial score (nSPS) is 16.5. The molecule has 1 heterocycles. The van der Waals surface area contributed by atoms with Gasteiger partial charge in [0.25, 0.3) is 5.91 Å². The van der Waals surface area contributed by atoms with Gasteiger partial charge in [-0.25, -0.2) is 9.69 Å². The minimum atomic E-state index is -0.457. The van der Waals surface area contributed by atoms with E-state index in [0.717, 1.165) is 4.90 Å². The van der Waals surface area contributed by atoms with Crippen molar-refractivity contribution in [2.45, 2.75) is 0 Å². The molecule has 0 aromatic heterocycles. The minimum absolute atomic E-state index is 0.281. The highest BCUT2D eigenvalue weighted by molar-refractivity contribution is 6.27. The zero-order chi connectivity index (χ0) is 16.4. The number of imide groups is 1. The van der Waals surface area contributed by atoms with Gasteiger partial charge >= 0.3 is 6.03 Å². The van der Waals surface area contributed by atoms with Crippen molar-refractivity contribution in [2.75, 3.05) is 40.3 Å². The Balaban J connectivity index is 2.59. The van der Waals surface area contributed by atoms with E-state index in [1.807, 2.05) is 0 Å². The summed E-state index contributed by atoms with van der Waals surface area (Å²) in [5.74, 6) is 0.352. The second-order valence-corrected chi connectivity index (χ2v) is 4.97. The number of para-hydroxylation sites is 1. The smallest absolute Gasteiger partial charge is 0.336 e. The number of carbonyl (C=O) groups is 2. The molecule has 0 bridgehead atoms. The molecule has 2 rings (SSSR count). The first-order valence-corrected chi connectivity index (χ1v) is 6.63. The number of hydrogen-bond donors (Lipinski definition) is 0. The lowest BCUT2D eigenvalue weighted by atomic mass is 10.2. The molecule has 1 saturated heterocycles. The fourth-order valence-electron chi connectivity index (χ4n) is 2.23. The first-order chi connectivity index (χ1) is 10.4. The Labute approximate surface area is 129 Å². The third kappa shape index (κ3) is 2.45. The van der Waals surface area contributed by atoms with Crippen molar-refractivity contribution in [1.82, 2.24) is 9.80 Å². The average molecular weight is 305 g/mol. The van der Waals surface area contributed by atoms with Crippen LogP contribution in [0.3, 0.4) is 0 Å². The Morgan fingerprint density at radius 2 is 1.64 bits per heavy atom. The van der Waals surface area contributed by atoms with Crippen LogP contribution in [0.2, 0.25) is 0 Å². The van der Waals surface area contributed by atoms with E-state index in [-0.39, 0.29) is 5.70 Å². The van der Waals surface area contributed by atoms with Gasteiger partial charge in [0.1, 0.15) is 22.9 Å². The summed E-state index contributed by atoms with van der Waals surface area (Å²) in [4.78, 5) is 29.2. The van der Waals surface area contributed by atoms with E-state index < -0.39 is 11.9 Å². The fourth-order valence-corrected chi connectivity index (χ4v) is 2.23. The SMILES string of the molecule is COc1cccc(OC)c1N1C(=O)/C(=C/N(C)C)N(C)C1=O. The molecule has 0 spiro atoms. The minimum Gasteiger partial charge on any atom is -0.494 e. The number of amides is 3. The summed E-state index contributed by atoms with van der Waals surface area (Å²) in [6, 6.07) is 4.62. The van der Waals surface area contributed by atoms with Crippen LogP contribution in [-0.4, -0.2) is 57.1 Å². The maximum atomic E-state index is 12.7. The molecule has 0 N–H and O–H groups in total. The number of ether oxygens (including phenoxy) is 2. The Kier molecular flexibility index (Phi) is 4.25. The van der Waals surface area contributed by atoms with E-state index in [0.29, 0.717) is 17.2 Å². The first kappa shape index (κ1) is 15.7.